The van der Waals surface area contributed by atoms with Crippen LogP contribution in [0.2, 0.25) is 0 Å². The summed E-state index contributed by atoms with van der Waals surface area (Å²) in [6.07, 6.45) is 14.5. The van der Waals surface area contributed by atoms with Crippen molar-refractivity contribution >= 4 is 49.2 Å². The molecule has 5 nitrogen and oxygen atoms in total. The second-order valence-electron chi connectivity index (χ2n) is 16.8. The van der Waals surface area contributed by atoms with Gasteiger partial charge in [-0.1, -0.05) is 124 Å². The molecule has 10 aromatic rings. The predicted molar refractivity (Wildman–Crippen MR) is 255 cm³/mol. The van der Waals surface area contributed by atoms with Crippen molar-refractivity contribution in [2.24, 2.45) is 0 Å². The Labute approximate surface area is 360 Å². The molecule has 0 spiro atoms. The van der Waals surface area contributed by atoms with E-state index in [4.69, 9.17) is 9.72 Å². The molecule has 0 saturated heterocycles. The highest BCUT2D eigenvalue weighted by Crippen LogP contribution is 2.38. The lowest BCUT2D eigenvalue weighted by molar-refractivity contribution is -0.566. The van der Waals surface area contributed by atoms with Crippen molar-refractivity contribution in [1.82, 2.24) is 14.1 Å². The molecule has 0 fully saturated rings. The van der Waals surface area contributed by atoms with Crippen LogP contribution in [0.5, 0.6) is 11.5 Å². The van der Waals surface area contributed by atoms with Crippen LogP contribution in [0.1, 0.15) is 31.9 Å². The summed E-state index contributed by atoms with van der Waals surface area (Å²) in [6.45, 7) is 6.71. The van der Waals surface area contributed by atoms with E-state index in [0.717, 1.165) is 78.4 Å². The van der Waals surface area contributed by atoms with Crippen molar-refractivity contribution in [3.63, 3.8) is 0 Å². The van der Waals surface area contributed by atoms with Crippen molar-refractivity contribution in [3.8, 4) is 39.8 Å². The minimum absolute atomic E-state index is 0.0141. The van der Waals surface area contributed by atoms with Gasteiger partial charge in [0.15, 0.2) is 11.0 Å². The molecule has 0 radical (unpaired) electrons. The Bertz CT molecular complexity index is 3510. The Balaban J connectivity index is 1.07. The van der Waals surface area contributed by atoms with E-state index in [0.29, 0.717) is 0 Å². The third-order valence-electron chi connectivity index (χ3n) is 11.9. The third kappa shape index (κ3) is 6.44. The molecule has 5 heteroatoms. The van der Waals surface area contributed by atoms with Gasteiger partial charge < -0.3 is 4.74 Å². The summed E-state index contributed by atoms with van der Waals surface area (Å²) < 4.78 is 13.7. The summed E-state index contributed by atoms with van der Waals surface area (Å²) in [5.41, 5.74) is 15.4. The highest BCUT2D eigenvalue weighted by atomic mass is 16.5. The lowest BCUT2D eigenvalue weighted by Crippen LogP contribution is -2.31. The van der Waals surface area contributed by atoms with Gasteiger partial charge in [-0.25, -0.2) is 4.98 Å². The maximum atomic E-state index is 6.79. The summed E-state index contributed by atoms with van der Waals surface area (Å²) in [5, 5.41) is 4.67. The molecule has 0 N–H and O–H groups in total. The van der Waals surface area contributed by atoms with Gasteiger partial charge in [-0.05, 0) is 106 Å². The van der Waals surface area contributed by atoms with Gasteiger partial charge in [-0.3, -0.25) is 4.57 Å². The van der Waals surface area contributed by atoms with Gasteiger partial charge >= 0.3 is 0 Å². The van der Waals surface area contributed by atoms with Crippen molar-refractivity contribution < 1.29 is 9.30 Å². The monoisotopic (exact) mass is 799 g/mol. The molecule has 0 aliphatic heterocycles. The molecular formula is C57H43N4O+. The third-order valence-corrected chi connectivity index (χ3v) is 11.9. The number of para-hydroxylation sites is 2. The number of benzene rings is 7. The van der Waals surface area contributed by atoms with E-state index < -0.39 is 0 Å². The highest BCUT2D eigenvalue weighted by molar-refractivity contribution is 6.09. The van der Waals surface area contributed by atoms with Crippen molar-refractivity contribution in [2.75, 3.05) is 0 Å². The molecule has 0 amide bonds. The molecule has 0 atom stereocenters. The standard InChI is InChI=1S/C57H43N4O/c1-57(2,3)42-33-34-58-54(35-42)61-51-28-14-13-25-49(51)50-31-30-45(37-53(50)61)62-44-23-15-22-43(36-44)59-38-60(56-48-24-12-11-21-41(48)29-32-52(56)59)55-46(39-17-7-4-5-8-18-39)26-16-27-47(55)40-19-9-6-10-20-40/h4,6-38H,1-3H3/q+1. The number of hydrogen-bond acceptors (Lipinski definition) is 2. The first-order chi connectivity index (χ1) is 30.4. The van der Waals surface area contributed by atoms with Crippen molar-refractivity contribution in [2.45, 2.75) is 26.2 Å². The zero-order chi connectivity index (χ0) is 41.8. The highest BCUT2D eigenvalue weighted by Gasteiger charge is 2.27. The number of ether oxygens (including phenoxy) is 1. The van der Waals surface area contributed by atoms with Gasteiger partial charge in [0.1, 0.15) is 28.7 Å². The SMILES string of the molecule is CC(C)(C)c1ccnc(-n2c3ccccc3c3ccc(Oc4cccc(-n5c[n+](-c6c(C7=CC=C=CC=C7)cccc6-c6ccccc6)c6c7ccccc7ccc65)c4)cc32)c1. The fraction of sp³-hybridized carbons (Fsp3) is 0.0702. The van der Waals surface area contributed by atoms with Gasteiger partial charge in [0, 0.05) is 45.6 Å². The normalized spacial score (nSPS) is 12.7. The van der Waals surface area contributed by atoms with Crippen LogP contribution in [0.25, 0.3) is 77.5 Å². The smallest absolute Gasteiger partial charge is 0.255 e. The maximum absolute atomic E-state index is 6.79. The van der Waals surface area contributed by atoms with Crippen LogP contribution in [0.4, 0.5) is 0 Å². The average Bonchev–Trinajstić information content (AvgIpc) is 3.72. The zero-order valence-corrected chi connectivity index (χ0v) is 34.8. The van der Waals surface area contributed by atoms with E-state index >= 15 is 0 Å². The summed E-state index contributed by atoms with van der Waals surface area (Å²) in [4.78, 5) is 4.89. The van der Waals surface area contributed by atoms with Crippen molar-refractivity contribution in [3.05, 3.63) is 224 Å². The molecule has 3 aromatic heterocycles. The fourth-order valence-electron chi connectivity index (χ4n) is 8.93. The zero-order valence-electron chi connectivity index (χ0n) is 34.8. The second-order valence-corrected chi connectivity index (χ2v) is 16.8. The molecule has 62 heavy (non-hydrogen) atoms. The first kappa shape index (κ1) is 37.1. The van der Waals surface area contributed by atoms with E-state index in [2.05, 4.69) is 222 Å². The van der Waals surface area contributed by atoms with E-state index in [1.807, 2.05) is 24.4 Å². The fourth-order valence-corrected chi connectivity index (χ4v) is 8.93. The molecular weight excluding hydrogens is 757 g/mol. The summed E-state index contributed by atoms with van der Waals surface area (Å²) in [7, 11) is 0. The Kier molecular flexibility index (Phi) is 8.92. The van der Waals surface area contributed by atoms with Gasteiger partial charge in [-0.2, -0.15) is 9.13 Å². The van der Waals surface area contributed by atoms with Gasteiger partial charge in [0.25, 0.3) is 6.33 Å². The number of nitrogens with zero attached hydrogens (tertiary/aromatic N) is 4. The predicted octanol–water partition coefficient (Wildman–Crippen LogP) is 14.0. The van der Waals surface area contributed by atoms with Crippen LogP contribution in [0.3, 0.4) is 0 Å². The van der Waals surface area contributed by atoms with Gasteiger partial charge in [-0.15, -0.1) is 5.73 Å². The first-order valence-electron chi connectivity index (χ1n) is 21.1. The van der Waals surface area contributed by atoms with Crippen LogP contribution < -0.4 is 9.30 Å². The lowest BCUT2D eigenvalue weighted by atomic mass is 9.88. The van der Waals surface area contributed by atoms with E-state index in [1.165, 1.54) is 21.7 Å². The maximum Gasteiger partial charge on any atom is 0.255 e. The van der Waals surface area contributed by atoms with Crippen LogP contribution in [0, 0.1) is 0 Å². The average molecular weight is 800 g/mol. The summed E-state index contributed by atoms with van der Waals surface area (Å²) in [5.74, 6) is 2.38. The second kappa shape index (κ2) is 14.9. The number of aromatic nitrogens is 4. The number of hydrogen-bond donors (Lipinski definition) is 0. The van der Waals surface area contributed by atoms with Crippen LogP contribution in [-0.4, -0.2) is 14.1 Å². The molecule has 11 rings (SSSR count). The largest absolute Gasteiger partial charge is 0.457 e. The molecule has 0 saturated carbocycles. The van der Waals surface area contributed by atoms with E-state index in [9.17, 15) is 0 Å². The van der Waals surface area contributed by atoms with Crippen LogP contribution in [0.15, 0.2) is 212 Å². The molecule has 3 heterocycles. The van der Waals surface area contributed by atoms with E-state index in [-0.39, 0.29) is 5.41 Å². The first-order valence-corrected chi connectivity index (χ1v) is 21.1. The molecule has 0 unspecified atom stereocenters. The Hall–Kier alpha value is -7.98. The Morgan fingerprint density at radius 1 is 0.613 bits per heavy atom. The number of fused-ring (bicyclic) bond motifs is 6. The number of pyridine rings is 1. The lowest BCUT2D eigenvalue weighted by Gasteiger charge is -2.20. The minimum Gasteiger partial charge on any atom is -0.457 e. The van der Waals surface area contributed by atoms with Gasteiger partial charge in [0.2, 0.25) is 0 Å². The minimum atomic E-state index is -0.0141. The van der Waals surface area contributed by atoms with Crippen molar-refractivity contribution in [1.29, 1.82) is 0 Å². The molecule has 1 aliphatic rings. The Morgan fingerprint density at radius 3 is 2.27 bits per heavy atom. The van der Waals surface area contributed by atoms with Crippen LogP contribution >= 0.6 is 0 Å². The van der Waals surface area contributed by atoms with Gasteiger partial charge in [0.05, 0.1) is 11.0 Å². The Morgan fingerprint density at radius 2 is 1.39 bits per heavy atom. The number of allylic oxidation sites excluding steroid dienone is 5. The quantitative estimate of drug-likeness (QED) is 0.119. The summed E-state index contributed by atoms with van der Waals surface area (Å²) >= 11 is 0. The summed E-state index contributed by atoms with van der Waals surface area (Å²) in [6, 6.07) is 58.0. The van der Waals surface area contributed by atoms with E-state index in [1.54, 1.807) is 0 Å². The topological polar surface area (TPSA) is 35.9 Å². The number of imidazole rings is 1. The molecule has 0 bridgehead atoms. The van der Waals surface area contributed by atoms with Crippen LogP contribution in [-0.2, 0) is 5.41 Å². The molecule has 7 aromatic carbocycles. The molecule has 296 valence electrons. The molecule has 1 aliphatic carbocycles. The number of rotatable bonds is 7.